The van der Waals surface area contributed by atoms with E-state index in [4.69, 9.17) is 13.6 Å². The third-order valence-corrected chi connectivity index (χ3v) is 10.1. The number of furan rings is 1. The molecule has 1 N–H and O–H groups in total. The number of nitrogens with zero attached hydrogens (tertiary/aromatic N) is 4. The average Bonchev–Trinajstić information content (AvgIpc) is 3.54. The van der Waals surface area contributed by atoms with Gasteiger partial charge in [0.25, 0.3) is 5.91 Å². The van der Waals surface area contributed by atoms with Gasteiger partial charge in [0.2, 0.25) is 14.2 Å². The fourth-order valence-corrected chi connectivity index (χ4v) is 7.78. The van der Waals surface area contributed by atoms with Gasteiger partial charge in [0.1, 0.15) is 28.1 Å². The molecule has 0 aliphatic carbocycles. The SMILES string of the molecule is COCSC(C(=O)N[C@H]1C(=O)N2C(C(=O)O[Si](C)(C)C)=C(CSc3nnns3)CSC12)c1ccco1. The number of methoxy groups -OCH3 is 1. The molecule has 2 aromatic heterocycles. The van der Waals surface area contributed by atoms with Crippen molar-refractivity contribution in [2.75, 3.05) is 24.6 Å². The smallest absolute Gasteiger partial charge is 0.341 e. The van der Waals surface area contributed by atoms with E-state index >= 15 is 0 Å². The van der Waals surface area contributed by atoms with Crippen LogP contribution < -0.4 is 5.32 Å². The largest absolute Gasteiger partial charge is 0.515 e. The molecule has 4 heterocycles. The van der Waals surface area contributed by atoms with Crippen LogP contribution in [0.3, 0.4) is 0 Å². The molecule has 1 saturated heterocycles. The Morgan fingerprint density at radius 1 is 1.39 bits per heavy atom. The zero-order chi connectivity index (χ0) is 25.9. The first kappa shape index (κ1) is 27.2. The minimum absolute atomic E-state index is 0.262. The molecule has 0 spiro atoms. The van der Waals surface area contributed by atoms with Gasteiger partial charge >= 0.3 is 5.97 Å². The van der Waals surface area contributed by atoms with E-state index in [0.717, 1.165) is 5.57 Å². The van der Waals surface area contributed by atoms with Crippen LogP contribution in [0.4, 0.5) is 0 Å². The first-order chi connectivity index (χ1) is 17.2. The minimum Gasteiger partial charge on any atom is -0.515 e. The first-order valence-electron chi connectivity index (χ1n) is 10.8. The Kier molecular flexibility index (Phi) is 8.82. The maximum atomic E-state index is 13.3. The number of fused-ring (bicyclic) bond motifs is 1. The van der Waals surface area contributed by atoms with Gasteiger partial charge in [-0.3, -0.25) is 14.5 Å². The Morgan fingerprint density at radius 3 is 2.83 bits per heavy atom. The molecule has 2 amide bonds. The van der Waals surface area contributed by atoms with Crippen molar-refractivity contribution in [1.82, 2.24) is 25.0 Å². The number of carbonyl (C=O) groups excluding carboxylic acids is 3. The van der Waals surface area contributed by atoms with E-state index in [0.29, 0.717) is 21.6 Å². The molecule has 0 radical (unpaired) electrons. The van der Waals surface area contributed by atoms with Crippen LogP contribution in [0.25, 0.3) is 0 Å². The normalized spacial score (nSPS) is 20.6. The summed E-state index contributed by atoms with van der Waals surface area (Å²) in [6.07, 6.45) is 1.49. The quantitative estimate of drug-likeness (QED) is 0.179. The lowest BCUT2D eigenvalue weighted by atomic mass is 10.0. The van der Waals surface area contributed by atoms with Crippen LogP contribution in [0, 0.1) is 0 Å². The van der Waals surface area contributed by atoms with Gasteiger partial charge in [-0.05, 0) is 42.6 Å². The number of hydrogen-bond acceptors (Lipinski definition) is 13. The van der Waals surface area contributed by atoms with Crippen molar-refractivity contribution in [3.63, 3.8) is 0 Å². The molecular formula is C20H25N5O6S4Si. The van der Waals surface area contributed by atoms with Crippen LogP contribution >= 0.6 is 46.8 Å². The lowest BCUT2D eigenvalue weighted by Gasteiger charge is -2.50. The standard InChI is InChI=1S/C20H25N5O6S4Si/c1-29-10-34-15(12-6-5-7-30-12)16(26)21-13-17(27)25-14(19(28)31-36(2,3)4)11(8-32-18(13)25)9-33-20-22-23-24-35-20/h5-7,13,15,18H,8-10H2,1-4H3,(H,21,26)/t13-,15?,18?/m0/s1. The number of aromatic nitrogens is 3. The van der Waals surface area contributed by atoms with E-state index in [2.05, 4.69) is 20.1 Å². The summed E-state index contributed by atoms with van der Waals surface area (Å²) in [5, 5.41) is 9.30. The number of hydrogen-bond donors (Lipinski definition) is 1. The predicted molar refractivity (Wildman–Crippen MR) is 141 cm³/mol. The molecule has 2 aromatic rings. The summed E-state index contributed by atoms with van der Waals surface area (Å²) in [6, 6.07) is 2.65. The molecule has 0 aromatic carbocycles. The summed E-state index contributed by atoms with van der Waals surface area (Å²) in [5.41, 5.74) is 1.04. The molecule has 1 fully saturated rings. The highest BCUT2D eigenvalue weighted by Crippen LogP contribution is 2.42. The number of amides is 2. The van der Waals surface area contributed by atoms with Crippen LogP contribution in [-0.2, 0) is 23.5 Å². The highest BCUT2D eigenvalue weighted by molar-refractivity contribution is 8.01. The minimum atomic E-state index is -2.22. The highest BCUT2D eigenvalue weighted by Gasteiger charge is 2.55. The fraction of sp³-hybridized carbons (Fsp3) is 0.500. The monoisotopic (exact) mass is 587 g/mol. The van der Waals surface area contributed by atoms with Crippen LogP contribution in [0.5, 0.6) is 0 Å². The Balaban J connectivity index is 1.52. The zero-order valence-corrected chi connectivity index (χ0v) is 24.2. The number of carbonyl (C=O) groups is 3. The van der Waals surface area contributed by atoms with Crippen molar-refractivity contribution >= 4 is 72.9 Å². The molecule has 0 bridgehead atoms. The van der Waals surface area contributed by atoms with Gasteiger partial charge < -0.3 is 18.9 Å². The Morgan fingerprint density at radius 2 is 2.19 bits per heavy atom. The number of rotatable bonds is 11. The number of β-lactam (4-membered cyclic amide) rings is 1. The maximum absolute atomic E-state index is 13.3. The molecule has 16 heteroatoms. The zero-order valence-electron chi connectivity index (χ0n) is 20.0. The van der Waals surface area contributed by atoms with Crippen LogP contribution in [0.2, 0.25) is 19.6 Å². The molecule has 2 unspecified atom stereocenters. The van der Waals surface area contributed by atoms with Crippen molar-refractivity contribution in [3.8, 4) is 0 Å². The highest BCUT2D eigenvalue weighted by atomic mass is 32.2. The van der Waals surface area contributed by atoms with Crippen LogP contribution in [0.1, 0.15) is 11.0 Å². The summed E-state index contributed by atoms with van der Waals surface area (Å²) in [4.78, 5) is 41.1. The molecule has 2 aliphatic heterocycles. The number of nitrogens with one attached hydrogen (secondary N) is 1. The molecule has 4 rings (SSSR count). The first-order valence-corrected chi connectivity index (χ1v) is 18.1. The Hall–Kier alpha value is -1.85. The molecular weight excluding hydrogens is 563 g/mol. The molecule has 11 nitrogen and oxygen atoms in total. The van der Waals surface area contributed by atoms with E-state index in [1.807, 2.05) is 19.6 Å². The Labute approximate surface area is 225 Å². The van der Waals surface area contributed by atoms with Crippen LogP contribution in [-0.4, -0.2) is 81.8 Å². The summed E-state index contributed by atoms with van der Waals surface area (Å²) in [7, 11) is -0.679. The average molecular weight is 588 g/mol. The van der Waals surface area contributed by atoms with Crippen molar-refractivity contribution in [3.05, 3.63) is 35.4 Å². The van der Waals surface area contributed by atoms with E-state index in [1.165, 1.54) is 58.0 Å². The second-order valence-electron chi connectivity index (χ2n) is 8.74. The van der Waals surface area contributed by atoms with Gasteiger partial charge in [0, 0.05) is 30.1 Å². The van der Waals surface area contributed by atoms with Crippen molar-refractivity contribution in [2.45, 2.75) is 40.6 Å². The Bertz CT molecular complexity index is 1120. The van der Waals surface area contributed by atoms with Gasteiger partial charge in [-0.1, -0.05) is 16.3 Å². The lowest BCUT2D eigenvalue weighted by molar-refractivity contribution is -0.150. The molecule has 194 valence electrons. The predicted octanol–water partition coefficient (Wildman–Crippen LogP) is 2.73. The maximum Gasteiger partial charge on any atom is 0.341 e. The molecule has 3 atom stereocenters. The van der Waals surface area contributed by atoms with E-state index in [9.17, 15) is 14.4 Å². The second kappa shape index (κ2) is 11.7. The summed E-state index contributed by atoms with van der Waals surface area (Å²) in [5.74, 6) is 0.497. The van der Waals surface area contributed by atoms with E-state index in [1.54, 1.807) is 19.2 Å². The molecule has 2 aliphatic rings. The summed E-state index contributed by atoms with van der Waals surface area (Å²) in [6.45, 7) is 5.74. The number of ether oxygens (including phenoxy) is 1. The van der Waals surface area contributed by atoms with E-state index < -0.39 is 31.0 Å². The van der Waals surface area contributed by atoms with Crippen molar-refractivity contribution in [1.29, 1.82) is 0 Å². The lowest BCUT2D eigenvalue weighted by Crippen LogP contribution is -2.71. The van der Waals surface area contributed by atoms with Gasteiger partial charge in [-0.25, -0.2) is 4.79 Å². The third kappa shape index (κ3) is 6.16. The summed E-state index contributed by atoms with van der Waals surface area (Å²) < 4.78 is 20.7. The third-order valence-electron chi connectivity index (χ3n) is 4.98. The van der Waals surface area contributed by atoms with Gasteiger partial charge in [0.05, 0.1) is 12.2 Å². The van der Waals surface area contributed by atoms with Crippen LogP contribution in [0.15, 0.2) is 38.4 Å². The van der Waals surface area contributed by atoms with Crippen molar-refractivity contribution < 1.29 is 28.0 Å². The fourth-order valence-electron chi connectivity index (χ4n) is 3.53. The van der Waals surface area contributed by atoms with E-state index in [-0.39, 0.29) is 23.5 Å². The van der Waals surface area contributed by atoms with Gasteiger partial charge in [0.15, 0.2) is 4.34 Å². The topological polar surface area (TPSA) is 137 Å². The van der Waals surface area contributed by atoms with Gasteiger partial charge in [-0.2, -0.15) is 0 Å². The van der Waals surface area contributed by atoms with Crippen molar-refractivity contribution in [2.24, 2.45) is 0 Å². The second-order valence-corrected chi connectivity index (χ2v) is 17.3. The summed E-state index contributed by atoms with van der Waals surface area (Å²) >= 11 is 5.32. The molecule has 36 heavy (non-hydrogen) atoms. The van der Waals surface area contributed by atoms with Gasteiger partial charge in [-0.15, -0.1) is 28.6 Å². The molecule has 0 saturated carbocycles. The number of thioether (sulfide) groups is 3.